The first-order valence-electron chi connectivity index (χ1n) is 7.26. The number of para-hydroxylation sites is 1. The molecule has 1 aromatic carbocycles. The summed E-state index contributed by atoms with van der Waals surface area (Å²) in [5.74, 6) is -1.82. The molecule has 2 heterocycles. The summed E-state index contributed by atoms with van der Waals surface area (Å²) in [5, 5.41) is 2.34. The first-order chi connectivity index (χ1) is 10.7. The topological polar surface area (TPSA) is 68.7 Å². The predicted molar refractivity (Wildman–Crippen MR) is 78.9 cm³/mol. The molecule has 3 rings (SSSR count). The van der Waals surface area contributed by atoms with E-state index in [9.17, 15) is 9.59 Å². The Labute approximate surface area is 127 Å². The van der Waals surface area contributed by atoms with Crippen molar-refractivity contribution >= 4 is 22.8 Å². The number of hydrogen-bond donors (Lipinski definition) is 0. The molecule has 22 heavy (non-hydrogen) atoms. The number of carbonyl (C=O) groups excluding carboxylic acids is 2. The number of nitrogens with zero attached hydrogens (tertiary/aromatic N) is 2. The van der Waals surface area contributed by atoms with Gasteiger partial charge < -0.3 is 9.57 Å². The maximum absolute atomic E-state index is 11.8. The number of benzene rings is 1. The molecule has 0 spiro atoms. The van der Waals surface area contributed by atoms with Crippen LogP contribution in [0.15, 0.2) is 36.5 Å². The third-order valence-electron chi connectivity index (χ3n) is 3.47. The van der Waals surface area contributed by atoms with Crippen molar-refractivity contribution in [1.29, 1.82) is 0 Å². The van der Waals surface area contributed by atoms with Gasteiger partial charge in [0.05, 0.1) is 11.7 Å². The summed E-state index contributed by atoms with van der Waals surface area (Å²) in [7, 11) is 0. The van der Waals surface area contributed by atoms with Crippen molar-refractivity contribution in [3.05, 3.63) is 36.5 Å². The van der Waals surface area contributed by atoms with E-state index in [-0.39, 0.29) is 5.75 Å². The lowest BCUT2D eigenvalue weighted by Crippen LogP contribution is -2.36. The molecule has 6 nitrogen and oxygen atoms in total. The monoisotopic (exact) mass is 300 g/mol. The van der Waals surface area contributed by atoms with Crippen LogP contribution in [0.2, 0.25) is 0 Å². The summed E-state index contributed by atoms with van der Waals surface area (Å²) in [4.78, 5) is 32.7. The molecule has 0 amide bonds. The molecule has 0 saturated carbocycles. The third-order valence-corrected chi connectivity index (χ3v) is 3.47. The van der Waals surface area contributed by atoms with Crippen LogP contribution in [0.4, 0.5) is 0 Å². The molecule has 1 saturated heterocycles. The van der Waals surface area contributed by atoms with Gasteiger partial charge in [0.1, 0.15) is 5.75 Å². The van der Waals surface area contributed by atoms with Gasteiger partial charge in [0.2, 0.25) is 0 Å². The Hall–Kier alpha value is -2.47. The maximum Gasteiger partial charge on any atom is 0.436 e. The Morgan fingerprint density at radius 3 is 2.64 bits per heavy atom. The number of hydrogen-bond acceptors (Lipinski definition) is 6. The summed E-state index contributed by atoms with van der Waals surface area (Å²) in [6.45, 7) is 1.30. The van der Waals surface area contributed by atoms with E-state index in [2.05, 4.69) is 4.98 Å². The highest BCUT2D eigenvalue weighted by molar-refractivity contribution is 6.30. The number of rotatable bonds is 2. The van der Waals surface area contributed by atoms with Gasteiger partial charge in [0.25, 0.3) is 0 Å². The number of pyridine rings is 1. The van der Waals surface area contributed by atoms with Crippen molar-refractivity contribution in [2.45, 2.75) is 19.3 Å². The van der Waals surface area contributed by atoms with Gasteiger partial charge in [-0.3, -0.25) is 4.98 Å². The molecule has 6 heteroatoms. The molecule has 0 unspecified atom stereocenters. The second kappa shape index (κ2) is 6.53. The van der Waals surface area contributed by atoms with Gasteiger partial charge in [0, 0.05) is 18.5 Å². The molecule has 0 radical (unpaired) electrons. The number of fused-ring (bicyclic) bond motifs is 1. The molecule has 0 atom stereocenters. The average Bonchev–Trinajstić information content (AvgIpc) is 2.55. The highest BCUT2D eigenvalue weighted by atomic mass is 16.7. The van der Waals surface area contributed by atoms with E-state index < -0.39 is 11.9 Å². The molecule has 1 fully saturated rings. The van der Waals surface area contributed by atoms with Gasteiger partial charge in [-0.1, -0.05) is 24.6 Å². The van der Waals surface area contributed by atoms with E-state index in [1.807, 2.05) is 24.3 Å². The molecule has 114 valence electrons. The lowest BCUT2D eigenvalue weighted by molar-refractivity contribution is -0.200. The molecule has 2 aromatic rings. The van der Waals surface area contributed by atoms with E-state index in [0.717, 1.165) is 30.2 Å². The lowest BCUT2D eigenvalue weighted by atomic mass is 10.2. The normalized spacial score (nSPS) is 15.5. The smallest absolute Gasteiger partial charge is 0.416 e. The minimum absolute atomic E-state index is 0.222. The Balaban J connectivity index is 1.63. The summed E-state index contributed by atoms with van der Waals surface area (Å²) in [6, 6.07) is 9.10. The Morgan fingerprint density at radius 1 is 1.05 bits per heavy atom. The molecule has 1 aliphatic rings. The molecule has 1 aromatic heterocycles. The van der Waals surface area contributed by atoms with Gasteiger partial charge in [-0.25, -0.2) is 9.59 Å². The number of piperidine rings is 1. The molecule has 0 N–H and O–H groups in total. The zero-order chi connectivity index (χ0) is 15.4. The summed E-state index contributed by atoms with van der Waals surface area (Å²) < 4.78 is 5.02. The summed E-state index contributed by atoms with van der Waals surface area (Å²) in [5.41, 5.74) is 0.790. The summed E-state index contributed by atoms with van der Waals surface area (Å²) >= 11 is 0. The zero-order valence-electron chi connectivity index (χ0n) is 12.0. The van der Waals surface area contributed by atoms with Gasteiger partial charge in [-0.05, 0) is 25.0 Å². The van der Waals surface area contributed by atoms with E-state index >= 15 is 0 Å². The molecular weight excluding hydrogens is 284 g/mol. The van der Waals surface area contributed by atoms with E-state index in [1.165, 1.54) is 11.3 Å². The van der Waals surface area contributed by atoms with Crippen LogP contribution in [0.25, 0.3) is 10.9 Å². The third kappa shape index (κ3) is 3.40. The fourth-order valence-electron chi connectivity index (χ4n) is 2.37. The molecular formula is C16H16N2O4. The highest BCUT2D eigenvalue weighted by Crippen LogP contribution is 2.18. The second-order valence-corrected chi connectivity index (χ2v) is 5.12. The van der Waals surface area contributed by atoms with Gasteiger partial charge in [0.15, 0.2) is 0 Å². The first kappa shape index (κ1) is 14.5. The first-order valence-corrected chi connectivity index (χ1v) is 7.26. The fourth-order valence-corrected chi connectivity index (χ4v) is 2.37. The van der Waals surface area contributed by atoms with Crippen LogP contribution >= 0.6 is 0 Å². The van der Waals surface area contributed by atoms with Gasteiger partial charge >= 0.3 is 11.9 Å². The lowest BCUT2D eigenvalue weighted by Gasteiger charge is -2.24. The second-order valence-electron chi connectivity index (χ2n) is 5.12. The van der Waals surface area contributed by atoms with E-state index in [1.54, 1.807) is 6.07 Å². The van der Waals surface area contributed by atoms with Crippen LogP contribution in [0.3, 0.4) is 0 Å². The number of hydroxylamine groups is 2. The van der Waals surface area contributed by atoms with Crippen LogP contribution in [-0.2, 0) is 14.4 Å². The minimum Gasteiger partial charge on any atom is -0.416 e. The average molecular weight is 300 g/mol. The Kier molecular flexibility index (Phi) is 4.29. The number of ether oxygens (including phenoxy) is 1. The molecule has 1 aliphatic heterocycles. The number of aromatic nitrogens is 1. The van der Waals surface area contributed by atoms with Crippen LogP contribution < -0.4 is 4.74 Å². The SMILES string of the molecule is O=C(Oc1cnc2ccccc2c1)C(=O)ON1CCCCC1. The standard InChI is InChI=1S/C16H16N2O4/c19-15(16(20)22-18-8-4-1-5-9-18)21-13-10-12-6-2-3-7-14(12)17-11-13/h2-3,6-7,10-11H,1,4-5,8-9H2. The zero-order valence-corrected chi connectivity index (χ0v) is 12.0. The van der Waals surface area contributed by atoms with Crippen LogP contribution in [0.5, 0.6) is 5.75 Å². The van der Waals surface area contributed by atoms with Crippen molar-refractivity contribution in [2.24, 2.45) is 0 Å². The number of carbonyl (C=O) groups is 2. The maximum atomic E-state index is 11.8. The minimum atomic E-state index is -1.04. The van der Waals surface area contributed by atoms with Crippen molar-refractivity contribution in [2.75, 3.05) is 13.1 Å². The molecule has 0 bridgehead atoms. The van der Waals surface area contributed by atoms with Crippen LogP contribution in [0.1, 0.15) is 19.3 Å². The van der Waals surface area contributed by atoms with Crippen molar-refractivity contribution in [3.63, 3.8) is 0 Å². The van der Waals surface area contributed by atoms with E-state index in [0.29, 0.717) is 13.1 Å². The quantitative estimate of drug-likeness (QED) is 0.625. The number of esters is 1. The van der Waals surface area contributed by atoms with Gasteiger partial charge in [-0.2, -0.15) is 0 Å². The van der Waals surface area contributed by atoms with Crippen molar-refractivity contribution in [1.82, 2.24) is 10.0 Å². The highest BCUT2D eigenvalue weighted by Gasteiger charge is 2.23. The fraction of sp³-hybridized carbons (Fsp3) is 0.312. The molecule has 0 aliphatic carbocycles. The summed E-state index contributed by atoms with van der Waals surface area (Å²) in [6.07, 6.45) is 4.43. The van der Waals surface area contributed by atoms with Crippen LogP contribution in [-0.4, -0.2) is 35.1 Å². The van der Waals surface area contributed by atoms with Crippen molar-refractivity contribution < 1.29 is 19.2 Å². The van der Waals surface area contributed by atoms with Crippen LogP contribution in [0, 0.1) is 0 Å². The van der Waals surface area contributed by atoms with E-state index in [4.69, 9.17) is 9.57 Å². The predicted octanol–water partition coefficient (Wildman–Crippen LogP) is 2.08. The van der Waals surface area contributed by atoms with Crippen molar-refractivity contribution in [3.8, 4) is 5.75 Å². The Bertz CT molecular complexity index is 695. The van der Waals surface area contributed by atoms with Gasteiger partial charge in [-0.15, -0.1) is 5.06 Å². The largest absolute Gasteiger partial charge is 0.436 e. The Morgan fingerprint density at radius 2 is 1.82 bits per heavy atom.